The maximum Gasteiger partial charge on any atom is 0.293 e. The van der Waals surface area contributed by atoms with E-state index in [1.807, 2.05) is 20.8 Å². The SMILES string of the molecule is CC(C)(C)OC=O.CC=CCCCCC. The van der Waals surface area contributed by atoms with Gasteiger partial charge in [0.2, 0.25) is 0 Å². The number of allylic oxidation sites excluding steroid dienone is 2. The van der Waals surface area contributed by atoms with Crippen molar-refractivity contribution in [2.75, 3.05) is 0 Å². The van der Waals surface area contributed by atoms with E-state index >= 15 is 0 Å². The molecular formula is C13H26O2. The molecule has 0 saturated heterocycles. The minimum absolute atomic E-state index is 0.318. The molecule has 0 aliphatic rings. The van der Waals surface area contributed by atoms with Crippen LogP contribution in [0.15, 0.2) is 12.2 Å². The summed E-state index contributed by atoms with van der Waals surface area (Å²) in [5.74, 6) is 0. The van der Waals surface area contributed by atoms with Gasteiger partial charge in [0.1, 0.15) is 5.60 Å². The average molecular weight is 214 g/mol. The molecule has 0 aromatic carbocycles. The van der Waals surface area contributed by atoms with Crippen molar-refractivity contribution in [1.82, 2.24) is 0 Å². The van der Waals surface area contributed by atoms with Gasteiger partial charge in [0.25, 0.3) is 6.47 Å². The molecule has 0 saturated carbocycles. The Morgan fingerprint density at radius 1 is 1.20 bits per heavy atom. The maximum absolute atomic E-state index is 9.60. The lowest BCUT2D eigenvalue weighted by atomic mass is 10.2. The first-order valence-electron chi connectivity index (χ1n) is 5.70. The molecule has 0 radical (unpaired) electrons. The van der Waals surface area contributed by atoms with Gasteiger partial charge in [-0.25, -0.2) is 0 Å². The topological polar surface area (TPSA) is 26.3 Å². The lowest BCUT2D eigenvalue weighted by molar-refractivity contribution is -0.138. The Hall–Kier alpha value is -0.790. The Balaban J connectivity index is 0. The third-order valence-corrected chi connectivity index (χ3v) is 1.61. The Kier molecular flexibility index (Phi) is 12.5. The molecule has 0 aromatic heterocycles. The molecule has 0 spiro atoms. The molecule has 0 atom stereocenters. The number of hydrogen-bond donors (Lipinski definition) is 0. The van der Waals surface area contributed by atoms with Gasteiger partial charge >= 0.3 is 0 Å². The van der Waals surface area contributed by atoms with Crippen LogP contribution in [0.5, 0.6) is 0 Å². The van der Waals surface area contributed by atoms with Crippen molar-refractivity contribution >= 4 is 6.47 Å². The monoisotopic (exact) mass is 214 g/mol. The Morgan fingerprint density at radius 3 is 2.07 bits per heavy atom. The van der Waals surface area contributed by atoms with E-state index in [4.69, 9.17) is 0 Å². The second kappa shape index (κ2) is 11.3. The molecule has 0 bridgehead atoms. The van der Waals surface area contributed by atoms with Crippen LogP contribution in [0.4, 0.5) is 0 Å². The first-order valence-corrected chi connectivity index (χ1v) is 5.70. The van der Waals surface area contributed by atoms with E-state index in [9.17, 15) is 4.79 Å². The first kappa shape index (κ1) is 16.6. The van der Waals surface area contributed by atoms with Gasteiger partial charge in [-0.15, -0.1) is 0 Å². The van der Waals surface area contributed by atoms with E-state index in [2.05, 4.69) is 30.7 Å². The largest absolute Gasteiger partial charge is 0.462 e. The summed E-state index contributed by atoms with van der Waals surface area (Å²) in [6, 6.07) is 0. The van der Waals surface area contributed by atoms with Crippen molar-refractivity contribution in [3.63, 3.8) is 0 Å². The summed E-state index contributed by atoms with van der Waals surface area (Å²) in [5, 5.41) is 0. The number of hydrogen-bond acceptors (Lipinski definition) is 2. The zero-order valence-corrected chi connectivity index (χ0v) is 10.9. The number of rotatable bonds is 5. The van der Waals surface area contributed by atoms with Crippen LogP contribution >= 0.6 is 0 Å². The van der Waals surface area contributed by atoms with Crippen molar-refractivity contribution in [3.05, 3.63) is 12.2 Å². The fourth-order valence-electron chi connectivity index (χ4n) is 0.823. The van der Waals surface area contributed by atoms with Gasteiger partial charge in [-0.3, -0.25) is 4.79 Å². The summed E-state index contributed by atoms with van der Waals surface area (Å²) in [7, 11) is 0. The highest BCUT2D eigenvalue weighted by Crippen LogP contribution is 2.02. The average Bonchev–Trinajstić information content (AvgIpc) is 2.12. The van der Waals surface area contributed by atoms with Crippen molar-refractivity contribution in [3.8, 4) is 0 Å². The molecule has 0 unspecified atom stereocenters. The summed E-state index contributed by atoms with van der Waals surface area (Å²) in [6.07, 6.45) is 9.69. The number of carbonyl (C=O) groups is 1. The summed E-state index contributed by atoms with van der Waals surface area (Å²) in [6.45, 7) is 10.2. The molecular weight excluding hydrogens is 188 g/mol. The molecule has 2 heteroatoms. The van der Waals surface area contributed by atoms with Crippen LogP contribution < -0.4 is 0 Å². The third kappa shape index (κ3) is 24.6. The minimum Gasteiger partial charge on any atom is -0.462 e. The number of ether oxygens (including phenoxy) is 1. The molecule has 0 amide bonds. The predicted octanol–water partition coefficient (Wildman–Crippen LogP) is 4.10. The van der Waals surface area contributed by atoms with E-state index in [-0.39, 0.29) is 5.60 Å². The van der Waals surface area contributed by atoms with Crippen LogP contribution in [0.2, 0.25) is 0 Å². The molecule has 0 heterocycles. The number of carbonyl (C=O) groups excluding carboxylic acids is 1. The summed E-state index contributed by atoms with van der Waals surface area (Å²) >= 11 is 0. The first-order chi connectivity index (χ1) is 6.97. The van der Waals surface area contributed by atoms with Gasteiger partial charge in [-0.2, -0.15) is 0 Å². The van der Waals surface area contributed by atoms with E-state index in [1.54, 1.807) is 0 Å². The van der Waals surface area contributed by atoms with Gasteiger partial charge in [0, 0.05) is 0 Å². The maximum atomic E-state index is 9.60. The molecule has 0 aliphatic heterocycles. The van der Waals surface area contributed by atoms with Crippen LogP contribution in [0.25, 0.3) is 0 Å². The third-order valence-electron chi connectivity index (χ3n) is 1.61. The van der Waals surface area contributed by atoms with Crippen molar-refractivity contribution < 1.29 is 9.53 Å². The summed E-state index contributed by atoms with van der Waals surface area (Å²) < 4.78 is 4.55. The van der Waals surface area contributed by atoms with Crippen LogP contribution in [-0.4, -0.2) is 12.1 Å². The normalized spacial score (nSPS) is 10.7. The molecule has 0 rings (SSSR count). The molecule has 0 aliphatic carbocycles. The van der Waals surface area contributed by atoms with Crippen molar-refractivity contribution in [2.24, 2.45) is 0 Å². The Bertz CT molecular complexity index is 154. The zero-order chi connectivity index (χ0) is 12.2. The standard InChI is InChI=1S/C8H16.C5H10O2/c1-3-5-7-8-6-4-2;1-5(2,3)7-4-6/h3,5H,4,6-8H2,1-2H3;4H,1-3H3. The van der Waals surface area contributed by atoms with Gasteiger partial charge in [-0.1, -0.05) is 31.9 Å². The molecule has 2 nitrogen and oxygen atoms in total. The molecule has 0 aromatic rings. The van der Waals surface area contributed by atoms with Gasteiger partial charge in [-0.05, 0) is 40.5 Å². The second-order valence-electron chi connectivity index (χ2n) is 4.39. The fourth-order valence-corrected chi connectivity index (χ4v) is 0.823. The minimum atomic E-state index is -0.318. The van der Waals surface area contributed by atoms with E-state index in [0.717, 1.165) is 0 Å². The van der Waals surface area contributed by atoms with Crippen LogP contribution in [0.3, 0.4) is 0 Å². The fraction of sp³-hybridized carbons (Fsp3) is 0.769. The molecule has 0 N–H and O–H groups in total. The summed E-state index contributed by atoms with van der Waals surface area (Å²) in [4.78, 5) is 9.60. The second-order valence-corrected chi connectivity index (χ2v) is 4.39. The number of unbranched alkanes of at least 4 members (excludes halogenated alkanes) is 3. The van der Waals surface area contributed by atoms with E-state index < -0.39 is 0 Å². The van der Waals surface area contributed by atoms with Crippen molar-refractivity contribution in [2.45, 2.75) is 65.9 Å². The lowest BCUT2D eigenvalue weighted by Gasteiger charge is -2.14. The Labute approximate surface area is 94.7 Å². The quantitative estimate of drug-likeness (QED) is 0.391. The van der Waals surface area contributed by atoms with Crippen LogP contribution in [0, 0.1) is 0 Å². The zero-order valence-electron chi connectivity index (χ0n) is 10.9. The highest BCUT2D eigenvalue weighted by atomic mass is 16.5. The summed E-state index contributed by atoms with van der Waals surface area (Å²) in [5.41, 5.74) is -0.318. The Morgan fingerprint density at radius 2 is 1.80 bits per heavy atom. The van der Waals surface area contributed by atoms with Crippen LogP contribution in [0.1, 0.15) is 60.3 Å². The van der Waals surface area contributed by atoms with E-state index in [1.165, 1.54) is 25.7 Å². The molecule has 15 heavy (non-hydrogen) atoms. The van der Waals surface area contributed by atoms with Gasteiger partial charge in [0.15, 0.2) is 0 Å². The van der Waals surface area contributed by atoms with Crippen LogP contribution in [-0.2, 0) is 9.53 Å². The highest BCUT2D eigenvalue weighted by Gasteiger charge is 2.07. The van der Waals surface area contributed by atoms with E-state index in [0.29, 0.717) is 6.47 Å². The predicted molar refractivity (Wildman–Crippen MR) is 65.9 cm³/mol. The molecule has 0 fully saturated rings. The van der Waals surface area contributed by atoms with Gasteiger partial charge in [0.05, 0.1) is 0 Å². The molecule has 90 valence electrons. The van der Waals surface area contributed by atoms with Crippen molar-refractivity contribution in [1.29, 1.82) is 0 Å². The van der Waals surface area contributed by atoms with Gasteiger partial charge < -0.3 is 4.74 Å². The highest BCUT2D eigenvalue weighted by molar-refractivity contribution is 5.37. The smallest absolute Gasteiger partial charge is 0.293 e. The lowest BCUT2D eigenvalue weighted by Crippen LogP contribution is -2.17.